The van der Waals surface area contributed by atoms with Gasteiger partial charge in [-0.1, -0.05) is 12.1 Å². The molecule has 1 aliphatic heterocycles. The zero-order chi connectivity index (χ0) is 19.5. The number of aromatic nitrogens is 3. The van der Waals surface area contributed by atoms with Crippen molar-refractivity contribution >= 4 is 5.82 Å². The molecule has 1 aromatic carbocycles. The molecule has 3 heterocycles. The maximum Gasteiger partial charge on any atom is 0.137 e. The average molecular weight is 377 g/mol. The molecule has 146 valence electrons. The number of anilines is 1. The monoisotopic (exact) mass is 377 g/mol. The molecule has 2 aromatic heterocycles. The van der Waals surface area contributed by atoms with Gasteiger partial charge >= 0.3 is 0 Å². The Balaban J connectivity index is 1.53. The highest BCUT2D eigenvalue weighted by atomic mass is 16.5. The first-order valence-electron chi connectivity index (χ1n) is 9.79. The van der Waals surface area contributed by atoms with E-state index in [-0.39, 0.29) is 0 Å². The fourth-order valence-corrected chi connectivity index (χ4v) is 3.61. The fraction of sp³-hybridized carbons (Fsp3) is 0.364. The van der Waals surface area contributed by atoms with Gasteiger partial charge < -0.3 is 14.6 Å². The number of hydrogen-bond acceptors (Lipinski definition) is 5. The van der Waals surface area contributed by atoms with Crippen molar-refractivity contribution in [1.29, 1.82) is 0 Å². The van der Waals surface area contributed by atoms with Crippen LogP contribution in [0.5, 0.6) is 5.75 Å². The molecule has 0 amide bonds. The SMILES string of the molecule is COc1cccc(-c2cnc(-c3ccnc(N4CCN(C(C)C)CC4)c3)[nH]2)c1. The summed E-state index contributed by atoms with van der Waals surface area (Å²) >= 11 is 0. The number of methoxy groups -OCH3 is 1. The summed E-state index contributed by atoms with van der Waals surface area (Å²) in [5, 5.41) is 0. The van der Waals surface area contributed by atoms with Crippen LogP contribution in [0.15, 0.2) is 48.8 Å². The summed E-state index contributed by atoms with van der Waals surface area (Å²) in [6.45, 7) is 8.66. The Morgan fingerprint density at radius 2 is 1.82 bits per heavy atom. The zero-order valence-electron chi connectivity index (χ0n) is 16.7. The summed E-state index contributed by atoms with van der Waals surface area (Å²) in [6.07, 6.45) is 3.73. The van der Waals surface area contributed by atoms with Crippen LogP contribution >= 0.6 is 0 Å². The third-order valence-electron chi connectivity index (χ3n) is 5.34. The second-order valence-corrected chi connectivity index (χ2v) is 7.40. The number of ether oxygens (including phenoxy) is 1. The van der Waals surface area contributed by atoms with Crippen molar-refractivity contribution < 1.29 is 4.74 Å². The molecule has 0 aliphatic carbocycles. The largest absolute Gasteiger partial charge is 0.497 e. The van der Waals surface area contributed by atoms with Gasteiger partial charge in [0, 0.05) is 49.5 Å². The van der Waals surface area contributed by atoms with E-state index in [9.17, 15) is 0 Å². The number of nitrogens with zero attached hydrogens (tertiary/aromatic N) is 4. The van der Waals surface area contributed by atoms with Crippen LogP contribution in [0.25, 0.3) is 22.6 Å². The van der Waals surface area contributed by atoms with Crippen molar-refractivity contribution in [1.82, 2.24) is 19.9 Å². The minimum absolute atomic E-state index is 0.597. The maximum absolute atomic E-state index is 5.32. The van der Waals surface area contributed by atoms with Crippen LogP contribution in [0.2, 0.25) is 0 Å². The van der Waals surface area contributed by atoms with Gasteiger partial charge in [0.05, 0.1) is 19.0 Å². The van der Waals surface area contributed by atoms with Crippen molar-refractivity contribution in [3.8, 4) is 28.4 Å². The molecule has 0 atom stereocenters. The number of aromatic amines is 1. The van der Waals surface area contributed by atoms with E-state index in [0.29, 0.717) is 6.04 Å². The van der Waals surface area contributed by atoms with Crippen molar-refractivity contribution in [3.05, 3.63) is 48.8 Å². The molecule has 6 nitrogen and oxygen atoms in total. The lowest BCUT2D eigenvalue weighted by atomic mass is 10.1. The molecular weight excluding hydrogens is 350 g/mol. The van der Waals surface area contributed by atoms with Gasteiger partial charge in [0.2, 0.25) is 0 Å². The lowest BCUT2D eigenvalue weighted by Crippen LogP contribution is -2.49. The summed E-state index contributed by atoms with van der Waals surface area (Å²) < 4.78 is 5.32. The van der Waals surface area contributed by atoms with E-state index in [0.717, 1.165) is 60.4 Å². The highest BCUT2D eigenvalue weighted by Crippen LogP contribution is 2.26. The van der Waals surface area contributed by atoms with Gasteiger partial charge in [-0.25, -0.2) is 9.97 Å². The summed E-state index contributed by atoms with van der Waals surface area (Å²) in [4.78, 5) is 17.5. The molecule has 0 spiro atoms. The summed E-state index contributed by atoms with van der Waals surface area (Å²) in [6, 6.07) is 12.7. The Labute approximate surface area is 166 Å². The molecule has 0 bridgehead atoms. The van der Waals surface area contributed by atoms with Crippen molar-refractivity contribution in [3.63, 3.8) is 0 Å². The quantitative estimate of drug-likeness (QED) is 0.735. The molecule has 0 saturated carbocycles. The highest BCUT2D eigenvalue weighted by molar-refractivity contribution is 5.67. The van der Waals surface area contributed by atoms with Crippen LogP contribution in [0, 0.1) is 0 Å². The first kappa shape index (κ1) is 18.5. The molecular formula is C22H27N5O. The number of benzene rings is 1. The molecule has 1 aliphatic rings. The molecule has 0 unspecified atom stereocenters. The summed E-state index contributed by atoms with van der Waals surface area (Å²) in [5.74, 6) is 2.70. The number of hydrogen-bond donors (Lipinski definition) is 1. The van der Waals surface area contributed by atoms with Gasteiger partial charge in [-0.2, -0.15) is 0 Å². The predicted octanol–water partition coefficient (Wildman–Crippen LogP) is 3.68. The topological polar surface area (TPSA) is 57.3 Å². The van der Waals surface area contributed by atoms with E-state index in [2.05, 4.69) is 44.7 Å². The molecule has 28 heavy (non-hydrogen) atoms. The predicted molar refractivity (Wildman–Crippen MR) is 113 cm³/mol. The fourth-order valence-electron chi connectivity index (χ4n) is 3.61. The van der Waals surface area contributed by atoms with Gasteiger partial charge in [0.15, 0.2) is 0 Å². The third kappa shape index (κ3) is 3.87. The Hall–Kier alpha value is -2.86. The molecule has 3 aromatic rings. The average Bonchev–Trinajstić information content (AvgIpc) is 3.24. The van der Waals surface area contributed by atoms with Gasteiger partial charge in [0.25, 0.3) is 0 Å². The van der Waals surface area contributed by atoms with Crippen molar-refractivity contribution in [2.75, 3.05) is 38.2 Å². The van der Waals surface area contributed by atoms with E-state index < -0.39 is 0 Å². The van der Waals surface area contributed by atoms with E-state index in [1.165, 1.54) is 0 Å². The van der Waals surface area contributed by atoms with Crippen LogP contribution in [-0.4, -0.2) is 59.2 Å². The van der Waals surface area contributed by atoms with Crippen LogP contribution in [0.3, 0.4) is 0 Å². The minimum atomic E-state index is 0.597. The molecule has 0 radical (unpaired) electrons. The van der Waals surface area contributed by atoms with E-state index >= 15 is 0 Å². The molecule has 1 fully saturated rings. The second-order valence-electron chi connectivity index (χ2n) is 7.40. The van der Waals surface area contributed by atoms with Gasteiger partial charge in [-0.05, 0) is 38.1 Å². The minimum Gasteiger partial charge on any atom is -0.497 e. The maximum atomic E-state index is 5.32. The normalized spacial score (nSPS) is 15.2. The van der Waals surface area contributed by atoms with Crippen molar-refractivity contribution in [2.24, 2.45) is 0 Å². The smallest absolute Gasteiger partial charge is 0.137 e. The second kappa shape index (κ2) is 8.02. The van der Waals surface area contributed by atoms with E-state index in [1.807, 2.05) is 42.7 Å². The summed E-state index contributed by atoms with van der Waals surface area (Å²) in [5.41, 5.74) is 3.07. The van der Waals surface area contributed by atoms with Crippen LogP contribution < -0.4 is 9.64 Å². The van der Waals surface area contributed by atoms with Crippen LogP contribution in [0.4, 0.5) is 5.82 Å². The molecule has 6 heteroatoms. The first-order chi connectivity index (χ1) is 13.6. The standard InChI is InChI=1S/C22H27N5O/c1-16(2)26-9-11-27(12-10-26)21-14-18(7-8-23-21)22-24-15-20(25-22)17-5-4-6-19(13-17)28-3/h4-8,13-16H,9-12H2,1-3H3,(H,24,25). The number of rotatable bonds is 5. The Morgan fingerprint density at radius 3 is 2.57 bits per heavy atom. The van der Waals surface area contributed by atoms with E-state index in [1.54, 1.807) is 7.11 Å². The van der Waals surface area contributed by atoms with Crippen molar-refractivity contribution in [2.45, 2.75) is 19.9 Å². The van der Waals surface area contributed by atoms with Gasteiger partial charge in [-0.3, -0.25) is 4.90 Å². The Kier molecular flexibility index (Phi) is 5.30. The lowest BCUT2D eigenvalue weighted by molar-refractivity contribution is 0.209. The van der Waals surface area contributed by atoms with E-state index in [4.69, 9.17) is 4.74 Å². The van der Waals surface area contributed by atoms with Gasteiger partial charge in [-0.15, -0.1) is 0 Å². The number of imidazole rings is 1. The van der Waals surface area contributed by atoms with Crippen LogP contribution in [0.1, 0.15) is 13.8 Å². The summed E-state index contributed by atoms with van der Waals surface area (Å²) in [7, 11) is 1.68. The molecule has 1 N–H and O–H groups in total. The van der Waals surface area contributed by atoms with Gasteiger partial charge in [0.1, 0.15) is 17.4 Å². The number of pyridine rings is 1. The number of piperazine rings is 1. The first-order valence-corrected chi connectivity index (χ1v) is 9.79. The number of H-pyrrole nitrogens is 1. The zero-order valence-corrected chi connectivity index (χ0v) is 16.7. The third-order valence-corrected chi connectivity index (χ3v) is 5.34. The highest BCUT2D eigenvalue weighted by Gasteiger charge is 2.20. The Morgan fingerprint density at radius 1 is 1.00 bits per heavy atom. The number of nitrogens with one attached hydrogen (secondary N) is 1. The lowest BCUT2D eigenvalue weighted by Gasteiger charge is -2.37. The Bertz CT molecular complexity index is 928. The molecule has 1 saturated heterocycles. The van der Waals surface area contributed by atoms with Crippen LogP contribution in [-0.2, 0) is 0 Å². The molecule has 4 rings (SSSR count).